The maximum atomic E-state index is 5.13. The smallest absolute Gasteiger partial charge is 0.0500 e. The first-order chi connectivity index (χ1) is 15.4. The predicted molar refractivity (Wildman–Crippen MR) is 155 cm³/mol. The third-order valence-electron chi connectivity index (χ3n) is 4.59. The molecule has 0 radical (unpaired) electrons. The molecule has 0 unspecified atom stereocenters. The van der Waals surface area contributed by atoms with Crippen LogP contribution in [0.25, 0.3) is 0 Å². The van der Waals surface area contributed by atoms with E-state index in [-0.39, 0.29) is 0 Å². The van der Waals surface area contributed by atoms with Crippen molar-refractivity contribution >= 4 is 23.5 Å². The SMILES string of the molecule is CC.CC.CCSCCN(C)C[C@@H](C)COC.CCSCCN(C)C[C@H](CC)CCOC. The summed E-state index contributed by atoms with van der Waals surface area (Å²) in [4.78, 5) is 4.83. The van der Waals surface area contributed by atoms with Crippen LogP contribution in [0.15, 0.2) is 0 Å². The molecule has 0 fully saturated rings. The van der Waals surface area contributed by atoms with Gasteiger partial charge in [-0.3, -0.25) is 0 Å². The molecule has 0 amide bonds. The lowest BCUT2D eigenvalue weighted by Crippen LogP contribution is -2.28. The molecule has 4 nitrogen and oxygen atoms in total. The minimum absolute atomic E-state index is 0.640. The zero-order valence-electron chi connectivity index (χ0n) is 24.2. The van der Waals surface area contributed by atoms with E-state index in [2.05, 4.69) is 51.6 Å². The first-order valence-electron chi connectivity index (χ1n) is 12.9. The van der Waals surface area contributed by atoms with Crippen molar-refractivity contribution < 1.29 is 9.47 Å². The highest BCUT2D eigenvalue weighted by Gasteiger charge is 2.09. The van der Waals surface area contributed by atoms with Gasteiger partial charge in [0.05, 0.1) is 0 Å². The zero-order chi connectivity index (χ0) is 25.6. The highest BCUT2D eigenvalue weighted by atomic mass is 32.2. The normalized spacial score (nSPS) is 12.2. The van der Waals surface area contributed by atoms with Crippen molar-refractivity contribution in [3.05, 3.63) is 0 Å². The fourth-order valence-electron chi connectivity index (χ4n) is 2.93. The molecule has 0 spiro atoms. The Kier molecular flexibility index (Phi) is 44.9. The molecule has 0 N–H and O–H groups in total. The van der Waals surface area contributed by atoms with Crippen LogP contribution >= 0.6 is 23.5 Å². The largest absolute Gasteiger partial charge is 0.385 e. The maximum Gasteiger partial charge on any atom is 0.0500 e. The lowest BCUT2D eigenvalue weighted by Gasteiger charge is -2.22. The van der Waals surface area contributed by atoms with Crippen LogP contribution in [0, 0.1) is 11.8 Å². The molecule has 0 saturated carbocycles. The van der Waals surface area contributed by atoms with Gasteiger partial charge >= 0.3 is 0 Å². The Bertz CT molecular complexity index is 301. The van der Waals surface area contributed by atoms with Crippen LogP contribution in [0.3, 0.4) is 0 Å². The third-order valence-corrected chi connectivity index (χ3v) is 6.35. The zero-order valence-corrected chi connectivity index (χ0v) is 25.8. The monoisotopic (exact) mass is 498 g/mol. The molecule has 0 heterocycles. The van der Waals surface area contributed by atoms with Crippen molar-refractivity contribution in [3.63, 3.8) is 0 Å². The Morgan fingerprint density at radius 1 is 0.750 bits per heavy atom. The average Bonchev–Trinajstić information content (AvgIpc) is 2.80. The fourth-order valence-corrected chi connectivity index (χ4v) is 4.39. The van der Waals surface area contributed by atoms with Gasteiger partial charge in [-0.1, -0.05) is 61.8 Å². The number of hydrogen-bond donors (Lipinski definition) is 0. The van der Waals surface area contributed by atoms with Crippen LogP contribution in [-0.2, 0) is 9.47 Å². The average molecular weight is 499 g/mol. The van der Waals surface area contributed by atoms with Crippen LogP contribution in [0.1, 0.15) is 68.2 Å². The van der Waals surface area contributed by atoms with Gasteiger partial charge in [0.25, 0.3) is 0 Å². The second-order valence-electron chi connectivity index (χ2n) is 7.53. The van der Waals surface area contributed by atoms with Gasteiger partial charge in [-0.05, 0) is 43.9 Å². The molecule has 0 aromatic rings. The van der Waals surface area contributed by atoms with E-state index in [4.69, 9.17) is 9.47 Å². The van der Waals surface area contributed by atoms with Gasteiger partial charge in [-0.15, -0.1) is 0 Å². The van der Waals surface area contributed by atoms with E-state index < -0.39 is 0 Å². The van der Waals surface area contributed by atoms with Crippen molar-refractivity contribution in [1.29, 1.82) is 0 Å². The van der Waals surface area contributed by atoms with Crippen LogP contribution < -0.4 is 0 Å². The Hall–Kier alpha value is 0.540. The Morgan fingerprint density at radius 3 is 1.59 bits per heavy atom. The van der Waals surface area contributed by atoms with Gasteiger partial charge in [0, 0.05) is 65.1 Å². The standard InChI is InChI=1S/C12H27NOS.C10H23NOS.2C2H6/c1-5-12(7-9-14-4)11-13(3)8-10-15-6-2;1-5-13-7-6-11(3)8-10(2)9-12-4;2*1-2/h12H,5-11H2,1-4H3;10H,5-9H2,1-4H3;2*1-2H3/t12-;10-;;/m11../s1. The molecule has 0 bridgehead atoms. The second-order valence-corrected chi connectivity index (χ2v) is 10.3. The lowest BCUT2D eigenvalue weighted by atomic mass is 10.0. The van der Waals surface area contributed by atoms with E-state index in [9.17, 15) is 0 Å². The molecule has 2 atom stereocenters. The summed E-state index contributed by atoms with van der Waals surface area (Å²) in [5.74, 6) is 6.39. The number of ether oxygens (including phenoxy) is 2. The Morgan fingerprint density at radius 2 is 1.22 bits per heavy atom. The summed E-state index contributed by atoms with van der Waals surface area (Å²) in [6.07, 6.45) is 2.45. The molecule has 0 aliphatic heterocycles. The summed E-state index contributed by atoms with van der Waals surface area (Å²) >= 11 is 4.03. The topological polar surface area (TPSA) is 24.9 Å². The van der Waals surface area contributed by atoms with Gasteiger partial charge in [0.2, 0.25) is 0 Å². The van der Waals surface area contributed by atoms with Crippen molar-refractivity contribution in [1.82, 2.24) is 9.80 Å². The van der Waals surface area contributed by atoms with Crippen LogP contribution in [0.2, 0.25) is 0 Å². The van der Waals surface area contributed by atoms with Crippen molar-refractivity contribution in [3.8, 4) is 0 Å². The quantitative estimate of drug-likeness (QED) is 0.194. The third kappa shape index (κ3) is 35.1. The number of nitrogens with zero attached hydrogens (tertiary/aromatic N) is 2. The van der Waals surface area contributed by atoms with E-state index in [0.29, 0.717) is 5.92 Å². The number of thioether (sulfide) groups is 2. The summed E-state index contributed by atoms with van der Waals surface area (Å²) < 4.78 is 10.2. The molecule has 200 valence electrons. The molecule has 0 aliphatic carbocycles. The van der Waals surface area contributed by atoms with Crippen LogP contribution in [0.5, 0.6) is 0 Å². The first kappa shape index (κ1) is 39.7. The van der Waals surface area contributed by atoms with Crippen molar-refractivity contribution in [2.24, 2.45) is 11.8 Å². The number of hydrogen-bond acceptors (Lipinski definition) is 6. The van der Waals surface area contributed by atoms with Crippen molar-refractivity contribution in [2.75, 3.05) is 90.7 Å². The molecule has 0 saturated heterocycles. The minimum Gasteiger partial charge on any atom is -0.385 e. The fraction of sp³-hybridized carbons (Fsp3) is 1.00. The van der Waals surface area contributed by atoms with Crippen LogP contribution in [-0.4, -0.2) is 101 Å². The number of rotatable bonds is 18. The lowest BCUT2D eigenvalue weighted by molar-refractivity contribution is 0.139. The molecule has 32 heavy (non-hydrogen) atoms. The molecule has 0 aromatic carbocycles. The van der Waals surface area contributed by atoms with Gasteiger partial charge in [-0.2, -0.15) is 23.5 Å². The Labute approximate surface area is 213 Å². The van der Waals surface area contributed by atoms with Crippen molar-refractivity contribution in [2.45, 2.75) is 68.2 Å². The van der Waals surface area contributed by atoms with E-state index in [1.165, 1.54) is 55.5 Å². The first-order valence-corrected chi connectivity index (χ1v) is 15.3. The second kappa shape index (κ2) is 36.1. The molecular weight excluding hydrogens is 436 g/mol. The molecular formula is C26H62N2O2S2. The summed E-state index contributed by atoms with van der Waals surface area (Å²) in [6, 6.07) is 0. The van der Waals surface area contributed by atoms with E-state index in [1.54, 1.807) is 14.2 Å². The molecule has 0 aliphatic rings. The maximum absolute atomic E-state index is 5.13. The van der Waals surface area contributed by atoms with Crippen LogP contribution in [0.4, 0.5) is 0 Å². The minimum atomic E-state index is 0.640. The van der Waals surface area contributed by atoms with Gasteiger partial charge in [0.1, 0.15) is 0 Å². The highest BCUT2D eigenvalue weighted by molar-refractivity contribution is 7.99. The number of methoxy groups -OCH3 is 2. The molecule has 0 rings (SSSR count). The molecule has 6 heteroatoms. The summed E-state index contributed by atoms with van der Waals surface area (Å²) in [5, 5.41) is 0. The van der Waals surface area contributed by atoms with Gasteiger partial charge < -0.3 is 19.3 Å². The van der Waals surface area contributed by atoms with E-state index in [0.717, 1.165) is 25.7 Å². The van der Waals surface area contributed by atoms with Gasteiger partial charge in [-0.25, -0.2) is 0 Å². The Balaban J connectivity index is -0.000000213. The predicted octanol–water partition coefficient (Wildman–Crippen LogP) is 6.74. The van der Waals surface area contributed by atoms with E-state index >= 15 is 0 Å². The summed E-state index contributed by atoms with van der Waals surface area (Å²) in [5.41, 5.74) is 0. The van der Waals surface area contributed by atoms with E-state index in [1.807, 2.05) is 51.2 Å². The van der Waals surface area contributed by atoms with Gasteiger partial charge in [0.15, 0.2) is 0 Å². The summed E-state index contributed by atoms with van der Waals surface area (Å²) in [6.45, 7) is 23.4. The highest BCUT2D eigenvalue weighted by Crippen LogP contribution is 2.10. The molecule has 0 aromatic heterocycles. The summed E-state index contributed by atoms with van der Waals surface area (Å²) in [7, 11) is 7.96.